The van der Waals surface area contributed by atoms with E-state index in [1.165, 1.54) is 19.1 Å². The lowest BCUT2D eigenvalue weighted by atomic mass is 10.1. The number of nitrogens with zero attached hydrogens (tertiary/aromatic N) is 1. The van der Waals surface area contributed by atoms with Crippen LogP contribution in [0.3, 0.4) is 0 Å². The second-order valence-corrected chi connectivity index (χ2v) is 5.54. The van der Waals surface area contributed by atoms with Crippen LogP contribution in [0.4, 0.5) is 5.69 Å². The molecule has 124 valence electrons. The number of aryl methyl sites for hydroxylation is 2. The summed E-state index contributed by atoms with van der Waals surface area (Å²) in [6.45, 7) is 4.96. The first-order valence-corrected chi connectivity index (χ1v) is 7.36. The highest BCUT2D eigenvalue weighted by Gasteiger charge is 2.22. The van der Waals surface area contributed by atoms with Crippen molar-refractivity contribution in [2.24, 2.45) is 0 Å². The second kappa shape index (κ2) is 7.04. The fourth-order valence-corrected chi connectivity index (χ4v) is 2.17. The summed E-state index contributed by atoms with van der Waals surface area (Å²) in [5, 5.41) is 10.9. The van der Waals surface area contributed by atoms with Gasteiger partial charge in [0.1, 0.15) is 0 Å². The molecule has 1 atom stereocenters. The number of nitro benzene ring substituents is 1. The number of carbonyl (C=O) groups is 2. The Morgan fingerprint density at radius 1 is 1.04 bits per heavy atom. The molecular weight excluding hydrogens is 310 g/mol. The fraction of sp³-hybridized carbons (Fsp3) is 0.222. The first-order chi connectivity index (χ1) is 11.3. The zero-order valence-corrected chi connectivity index (χ0v) is 13.6. The van der Waals surface area contributed by atoms with E-state index in [2.05, 4.69) is 0 Å². The molecule has 0 N–H and O–H groups in total. The zero-order chi connectivity index (χ0) is 17.9. The van der Waals surface area contributed by atoms with Gasteiger partial charge < -0.3 is 4.74 Å². The van der Waals surface area contributed by atoms with Crippen molar-refractivity contribution in [2.75, 3.05) is 0 Å². The van der Waals surface area contributed by atoms with Crippen LogP contribution in [-0.2, 0) is 4.74 Å². The third-order valence-corrected chi connectivity index (χ3v) is 3.63. The van der Waals surface area contributed by atoms with Crippen molar-refractivity contribution < 1.29 is 19.2 Å². The Morgan fingerprint density at radius 2 is 1.62 bits per heavy atom. The summed E-state index contributed by atoms with van der Waals surface area (Å²) in [5.74, 6) is -1.10. The largest absolute Gasteiger partial charge is 0.451 e. The lowest BCUT2D eigenvalue weighted by Crippen LogP contribution is -2.24. The minimum Gasteiger partial charge on any atom is -0.451 e. The van der Waals surface area contributed by atoms with Gasteiger partial charge in [0.05, 0.1) is 10.5 Å². The van der Waals surface area contributed by atoms with Crippen molar-refractivity contribution in [3.05, 3.63) is 74.8 Å². The molecule has 2 aromatic carbocycles. The van der Waals surface area contributed by atoms with Gasteiger partial charge in [-0.25, -0.2) is 4.79 Å². The molecule has 0 radical (unpaired) electrons. The number of benzene rings is 2. The maximum absolute atomic E-state index is 12.3. The Morgan fingerprint density at radius 3 is 2.21 bits per heavy atom. The van der Waals surface area contributed by atoms with Gasteiger partial charge in [-0.3, -0.25) is 14.9 Å². The van der Waals surface area contributed by atoms with E-state index in [0.29, 0.717) is 11.1 Å². The van der Waals surface area contributed by atoms with Gasteiger partial charge in [-0.1, -0.05) is 35.9 Å². The Kier molecular flexibility index (Phi) is 5.08. The van der Waals surface area contributed by atoms with Crippen LogP contribution in [0.25, 0.3) is 0 Å². The van der Waals surface area contributed by atoms with Crippen LogP contribution in [0, 0.1) is 24.0 Å². The molecule has 2 rings (SSSR count). The van der Waals surface area contributed by atoms with Crippen LogP contribution in [-0.4, -0.2) is 22.8 Å². The summed E-state index contributed by atoms with van der Waals surface area (Å²) in [5.41, 5.74) is 1.78. The normalized spacial score (nSPS) is 11.6. The van der Waals surface area contributed by atoms with Crippen LogP contribution in [0.5, 0.6) is 0 Å². The Hall–Kier alpha value is -3.02. The van der Waals surface area contributed by atoms with Crippen molar-refractivity contribution in [2.45, 2.75) is 26.9 Å². The molecule has 24 heavy (non-hydrogen) atoms. The average Bonchev–Trinajstić information content (AvgIpc) is 2.54. The number of ketones is 1. The topological polar surface area (TPSA) is 86.5 Å². The van der Waals surface area contributed by atoms with Crippen molar-refractivity contribution in [3.8, 4) is 0 Å². The van der Waals surface area contributed by atoms with Gasteiger partial charge in [0, 0.05) is 17.2 Å². The monoisotopic (exact) mass is 327 g/mol. The van der Waals surface area contributed by atoms with E-state index < -0.39 is 17.0 Å². The molecule has 0 aromatic heterocycles. The van der Waals surface area contributed by atoms with Gasteiger partial charge in [-0.15, -0.1) is 0 Å². The van der Waals surface area contributed by atoms with Gasteiger partial charge in [0.15, 0.2) is 6.10 Å². The third kappa shape index (κ3) is 3.84. The van der Waals surface area contributed by atoms with Gasteiger partial charge in [-0.05, 0) is 26.8 Å². The van der Waals surface area contributed by atoms with Crippen molar-refractivity contribution in [3.63, 3.8) is 0 Å². The highest BCUT2D eigenvalue weighted by molar-refractivity contribution is 6.01. The Labute approximate surface area is 139 Å². The lowest BCUT2D eigenvalue weighted by molar-refractivity contribution is -0.385. The molecule has 6 heteroatoms. The average molecular weight is 327 g/mol. The molecular formula is C18H17NO5. The van der Waals surface area contributed by atoms with Crippen LogP contribution >= 0.6 is 0 Å². The summed E-state index contributed by atoms with van der Waals surface area (Å²) >= 11 is 0. The minimum absolute atomic E-state index is 0.0378. The Balaban J connectivity index is 2.14. The molecule has 1 unspecified atom stereocenters. The molecule has 0 aliphatic carbocycles. The van der Waals surface area contributed by atoms with Crippen LogP contribution in [0.1, 0.15) is 38.8 Å². The number of hydrogen-bond acceptors (Lipinski definition) is 5. The summed E-state index contributed by atoms with van der Waals surface area (Å²) in [4.78, 5) is 34.8. The Bertz CT molecular complexity index is 796. The highest BCUT2D eigenvalue weighted by atomic mass is 16.6. The number of carbonyl (C=O) groups excluding carboxylic acids is 2. The molecule has 0 aliphatic heterocycles. The van der Waals surface area contributed by atoms with Crippen LogP contribution in [0.15, 0.2) is 42.5 Å². The molecule has 0 amide bonds. The second-order valence-electron chi connectivity index (χ2n) is 5.54. The van der Waals surface area contributed by atoms with E-state index in [-0.39, 0.29) is 17.0 Å². The predicted octanol–water partition coefficient (Wildman–Crippen LogP) is 3.64. The van der Waals surface area contributed by atoms with Crippen molar-refractivity contribution in [1.82, 2.24) is 0 Å². The van der Waals surface area contributed by atoms with E-state index in [1.54, 1.807) is 31.2 Å². The fourth-order valence-electron chi connectivity index (χ4n) is 2.17. The summed E-state index contributed by atoms with van der Waals surface area (Å²) in [7, 11) is 0. The number of ether oxygens (including phenoxy) is 1. The van der Waals surface area contributed by atoms with Crippen molar-refractivity contribution in [1.29, 1.82) is 0 Å². The molecule has 0 spiro atoms. The molecule has 2 aromatic rings. The van der Waals surface area contributed by atoms with Crippen LogP contribution in [0.2, 0.25) is 0 Å². The van der Waals surface area contributed by atoms with Gasteiger partial charge >= 0.3 is 5.97 Å². The first-order valence-electron chi connectivity index (χ1n) is 7.36. The lowest BCUT2D eigenvalue weighted by Gasteiger charge is -2.12. The molecule has 0 fully saturated rings. The van der Waals surface area contributed by atoms with Crippen molar-refractivity contribution >= 4 is 17.4 Å². The summed E-state index contributed by atoms with van der Waals surface area (Å²) < 4.78 is 5.15. The standard InChI is InChI=1S/C18H17NO5/c1-11-4-7-14(8-5-11)17(20)13(3)24-18(21)15-9-6-12(2)16(10-15)19(22)23/h4-10,13H,1-3H3. The van der Waals surface area contributed by atoms with E-state index in [9.17, 15) is 19.7 Å². The smallest absolute Gasteiger partial charge is 0.339 e. The van der Waals surface area contributed by atoms with E-state index >= 15 is 0 Å². The molecule has 0 heterocycles. The van der Waals surface area contributed by atoms with Crippen LogP contribution < -0.4 is 0 Å². The first kappa shape index (κ1) is 17.3. The SMILES string of the molecule is Cc1ccc(C(=O)C(C)OC(=O)c2ccc(C)c([N+](=O)[O-])c2)cc1. The quantitative estimate of drug-likeness (QED) is 0.362. The number of nitro groups is 1. The number of rotatable bonds is 5. The number of hydrogen-bond donors (Lipinski definition) is 0. The maximum atomic E-state index is 12.3. The predicted molar refractivity (Wildman–Crippen MR) is 88.2 cm³/mol. The van der Waals surface area contributed by atoms with Gasteiger partial charge in [0.25, 0.3) is 5.69 Å². The van der Waals surface area contributed by atoms with Gasteiger partial charge in [0.2, 0.25) is 5.78 Å². The molecule has 0 aliphatic rings. The molecule has 0 bridgehead atoms. The summed E-state index contributed by atoms with van der Waals surface area (Å²) in [6.07, 6.45) is -0.986. The summed E-state index contributed by atoms with van der Waals surface area (Å²) in [6, 6.07) is 11.0. The number of esters is 1. The van der Waals surface area contributed by atoms with E-state index in [0.717, 1.165) is 11.6 Å². The third-order valence-electron chi connectivity index (χ3n) is 3.63. The van der Waals surface area contributed by atoms with E-state index in [1.807, 2.05) is 6.92 Å². The van der Waals surface area contributed by atoms with E-state index in [4.69, 9.17) is 4.74 Å². The molecule has 0 saturated carbocycles. The minimum atomic E-state index is -0.986. The maximum Gasteiger partial charge on any atom is 0.339 e. The number of Topliss-reactive ketones (excluding diaryl/α,β-unsaturated/α-hetero) is 1. The van der Waals surface area contributed by atoms with Gasteiger partial charge in [-0.2, -0.15) is 0 Å². The highest BCUT2D eigenvalue weighted by Crippen LogP contribution is 2.20. The molecule has 6 nitrogen and oxygen atoms in total. The molecule has 0 saturated heterocycles. The zero-order valence-electron chi connectivity index (χ0n) is 13.6.